The van der Waals surface area contributed by atoms with Crippen LogP contribution in [0.2, 0.25) is 0 Å². The van der Waals surface area contributed by atoms with Crippen LogP contribution in [-0.2, 0) is 0 Å². The Balaban J connectivity index is 2.04. The average molecular weight is 308 g/mol. The van der Waals surface area contributed by atoms with Gasteiger partial charge < -0.3 is 10.6 Å². The van der Waals surface area contributed by atoms with Gasteiger partial charge in [-0.15, -0.1) is 0 Å². The second-order valence-electron chi connectivity index (χ2n) is 5.66. The maximum atomic E-state index is 12.4. The molecule has 1 saturated heterocycles. The van der Waals surface area contributed by atoms with Crippen LogP contribution in [0.4, 0.5) is 5.69 Å². The molecule has 21 heavy (non-hydrogen) atoms. The molecule has 1 aliphatic heterocycles. The van der Waals surface area contributed by atoms with Crippen molar-refractivity contribution < 1.29 is 4.79 Å². The average Bonchev–Trinajstić information content (AvgIpc) is 2.52. The van der Waals surface area contributed by atoms with Crippen LogP contribution < -0.4 is 10.6 Å². The summed E-state index contributed by atoms with van der Waals surface area (Å²) in [5.74, 6) is 3.80. The van der Waals surface area contributed by atoms with Crippen LogP contribution in [0.5, 0.6) is 0 Å². The van der Waals surface area contributed by atoms with Crippen LogP contribution in [0.1, 0.15) is 48.9 Å². The van der Waals surface area contributed by atoms with Gasteiger partial charge in [-0.2, -0.15) is 11.8 Å². The molecule has 0 radical (unpaired) electrons. The smallest absolute Gasteiger partial charge is 0.272 e. The quantitative estimate of drug-likeness (QED) is 0.875. The molecule has 0 bridgehead atoms. The number of thioether (sulfide) groups is 1. The molecule has 5 nitrogen and oxygen atoms in total. The standard InChI is InChI=1S/C15H24N4OS/c1-10(2)14-17-9-12(16-3)13(19-14)15(20)18-8-11-4-6-21-7-5-11/h9-11,16H,4-8H2,1-3H3,(H,18,20). The van der Waals surface area contributed by atoms with E-state index < -0.39 is 0 Å². The normalized spacial score (nSPS) is 16.0. The van der Waals surface area contributed by atoms with Crippen molar-refractivity contribution in [3.63, 3.8) is 0 Å². The Bertz CT molecular complexity index is 487. The van der Waals surface area contributed by atoms with Gasteiger partial charge >= 0.3 is 0 Å². The zero-order chi connectivity index (χ0) is 15.2. The Morgan fingerprint density at radius 2 is 2.14 bits per heavy atom. The van der Waals surface area contributed by atoms with Crippen molar-refractivity contribution >= 4 is 23.4 Å². The minimum Gasteiger partial charge on any atom is -0.385 e. The number of anilines is 1. The Kier molecular flexibility index (Phi) is 5.85. The number of hydrogen-bond donors (Lipinski definition) is 2. The first-order valence-electron chi connectivity index (χ1n) is 7.52. The van der Waals surface area contributed by atoms with E-state index in [1.165, 1.54) is 24.3 Å². The fourth-order valence-electron chi connectivity index (χ4n) is 2.30. The lowest BCUT2D eigenvalue weighted by atomic mass is 10.0. The third kappa shape index (κ3) is 4.33. The maximum Gasteiger partial charge on any atom is 0.272 e. The summed E-state index contributed by atoms with van der Waals surface area (Å²) in [6.07, 6.45) is 4.06. The first-order chi connectivity index (χ1) is 10.1. The molecular formula is C15H24N4OS. The van der Waals surface area contributed by atoms with Gasteiger partial charge in [0.2, 0.25) is 0 Å². The van der Waals surface area contributed by atoms with E-state index in [1.807, 2.05) is 25.6 Å². The van der Waals surface area contributed by atoms with Crippen LogP contribution in [-0.4, -0.2) is 41.0 Å². The molecular weight excluding hydrogens is 284 g/mol. The predicted octanol–water partition coefficient (Wildman–Crippen LogP) is 2.51. The van der Waals surface area contributed by atoms with Gasteiger partial charge in [0.1, 0.15) is 5.82 Å². The van der Waals surface area contributed by atoms with E-state index in [9.17, 15) is 4.79 Å². The lowest BCUT2D eigenvalue weighted by Gasteiger charge is -2.21. The Morgan fingerprint density at radius 3 is 2.76 bits per heavy atom. The molecule has 0 aromatic carbocycles. The molecule has 1 aliphatic rings. The Labute approximate surface area is 130 Å². The van der Waals surface area contributed by atoms with Crippen LogP contribution in [0.3, 0.4) is 0 Å². The first kappa shape index (κ1) is 16.1. The van der Waals surface area contributed by atoms with Crippen molar-refractivity contribution in [2.45, 2.75) is 32.6 Å². The molecule has 2 heterocycles. The number of hydrogen-bond acceptors (Lipinski definition) is 5. The summed E-state index contributed by atoms with van der Waals surface area (Å²) in [5.41, 5.74) is 1.12. The number of amides is 1. The van der Waals surface area contributed by atoms with Crippen molar-refractivity contribution in [3.8, 4) is 0 Å². The highest BCUT2D eigenvalue weighted by Crippen LogP contribution is 2.22. The van der Waals surface area contributed by atoms with E-state index in [2.05, 4.69) is 20.6 Å². The monoisotopic (exact) mass is 308 g/mol. The SMILES string of the molecule is CNc1cnc(C(C)C)nc1C(=O)NCC1CCSCC1. The molecule has 2 N–H and O–H groups in total. The predicted molar refractivity (Wildman–Crippen MR) is 88.0 cm³/mol. The summed E-state index contributed by atoms with van der Waals surface area (Å²) in [7, 11) is 1.78. The number of carbonyl (C=O) groups excluding carboxylic acids is 1. The van der Waals surface area contributed by atoms with Crippen molar-refractivity contribution in [1.82, 2.24) is 15.3 Å². The molecule has 116 valence electrons. The van der Waals surface area contributed by atoms with E-state index in [1.54, 1.807) is 13.2 Å². The van der Waals surface area contributed by atoms with E-state index >= 15 is 0 Å². The van der Waals surface area contributed by atoms with Crippen LogP contribution >= 0.6 is 11.8 Å². The zero-order valence-electron chi connectivity index (χ0n) is 13.0. The van der Waals surface area contributed by atoms with Crippen LogP contribution in [0.15, 0.2) is 6.20 Å². The number of nitrogens with one attached hydrogen (secondary N) is 2. The summed E-state index contributed by atoms with van der Waals surface area (Å²) in [4.78, 5) is 21.1. The number of nitrogens with zero attached hydrogens (tertiary/aromatic N) is 2. The first-order valence-corrected chi connectivity index (χ1v) is 8.68. The topological polar surface area (TPSA) is 66.9 Å². The minimum atomic E-state index is -0.109. The summed E-state index contributed by atoms with van der Waals surface area (Å²) in [6, 6.07) is 0. The molecule has 0 unspecified atom stereocenters. The summed E-state index contributed by atoms with van der Waals surface area (Å²) in [5, 5.41) is 6.02. The zero-order valence-corrected chi connectivity index (χ0v) is 13.8. The molecule has 1 fully saturated rings. The molecule has 0 spiro atoms. The maximum absolute atomic E-state index is 12.4. The number of aromatic nitrogens is 2. The highest BCUT2D eigenvalue weighted by atomic mass is 32.2. The highest BCUT2D eigenvalue weighted by molar-refractivity contribution is 7.99. The van der Waals surface area contributed by atoms with Gasteiger partial charge in [0, 0.05) is 19.5 Å². The number of carbonyl (C=O) groups is 1. The molecule has 1 aromatic heterocycles. The highest BCUT2D eigenvalue weighted by Gasteiger charge is 2.18. The third-order valence-corrected chi connectivity index (χ3v) is 4.75. The van der Waals surface area contributed by atoms with Crippen molar-refractivity contribution in [3.05, 3.63) is 17.7 Å². The number of rotatable bonds is 5. The van der Waals surface area contributed by atoms with Crippen LogP contribution in [0, 0.1) is 5.92 Å². The molecule has 6 heteroatoms. The van der Waals surface area contributed by atoms with Crippen LogP contribution in [0.25, 0.3) is 0 Å². The lowest BCUT2D eigenvalue weighted by molar-refractivity contribution is 0.0941. The summed E-state index contributed by atoms with van der Waals surface area (Å²) < 4.78 is 0. The molecule has 1 amide bonds. The van der Waals surface area contributed by atoms with Gasteiger partial charge in [0.15, 0.2) is 5.69 Å². The van der Waals surface area contributed by atoms with Gasteiger partial charge in [-0.25, -0.2) is 9.97 Å². The molecule has 1 aromatic rings. The molecule has 0 saturated carbocycles. The lowest BCUT2D eigenvalue weighted by Crippen LogP contribution is -2.32. The van der Waals surface area contributed by atoms with Crippen molar-refractivity contribution in [2.75, 3.05) is 30.4 Å². The Morgan fingerprint density at radius 1 is 1.43 bits per heavy atom. The van der Waals surface area contributed by atoms with Gasteiger partial charge in [-0.1, -0.05) is 13.8 Å². The molecule has 2 rings (SSSR count). The van der Waals surface area contributed by atoms with Gasteiger partial charge in [-0.3, -0.25) is 4.79 Å². The fraction of sp³-hybridized carbons (Fsp3) is 0.667. The largest absolute Gasteiger partial charge is 0.385 e. The van der Waals surface area contributed by atoms with Gasteiger partial charge in [0.05, 0.1) is 11.9 Å². The van der Waals surface area contributed by atoms with E-state index in [-0.39, 0.29) is 11.8 Å². The second kappa shape index (κ2) is 7.64. The van der Waals surface area contributed by atoms with E-state index in [4.69, 9.17) is 0 Å². The summed E-state index contributed by atoms with van der Waals surface area (Å²) >= 11 is 2.00. The minimum absolute atomic E-state index is 0.109. The third-order valence-electron chi connectivity index (χ3n) is 3.70. The summed E-state index contributed by atoms with van der Waals surface area (Å²) in [6.45, 7) is 4.79. The Hall–Kier alpha value is -1.30. The second-order valence-corrected chi connectivity index (χ2v) is 6.89. The fourth-order valence-corrected chi connectivity index (χ4v) is 3.51. The molecule has 0 atom stereocenters. The van der Waals surface area contributed by atoms with Gasteiger partial charge in [0.25, 0.3) is 5.91 Å². The van der Waals surface area contributed by atoms with E-state index in [0.29, 0.717) is 23.1 Å². The van der Waals surface area contributed by atoms with Crippen molar-refractivity contribution in [1.29, 1.82) is 0 Å². The van der Waals surface area contributed by atoms with E-state index in [0.717, 1.165) is 6.54 Å². The van der Waals surface area contributed by atoms with Gasteiger partial charge in [-0.05, 0) is 30.3 Å². The molecule has 0 aliphatic carbocycles. The van der Waals surface area contributed by atoms with Crippen molar-refractivity contribution in [2.24, 2.45) is 5.92 Å².